The first-order valence-electron chi connectivity index (χ1n) is 3.69. The average Bonchev–Trinajstić information content (AvgIpc) is 2.55. The highest BCUT2D eigenvalue weighted by Gasteiger charge is 2.11. The predicted molar refractivity (Wildman–Crippen MR) is 44.3 cm³/mol. The van der Waals surface area contributed by atoms with Crippen molar-refractivity contribution >= 4 is 5.91 Å². The molecule has 4 N–H and O–H groups in total. The van der Waals surface area contributed by atoms with Crippen LogP contribution in [0.4, 0.5) is 0 Å². The maximum absolute atomic E-state index is 11.0. The molecular formula is C7H12N4O. The van der Waals surface area contributed by atoms with Gasteiger partial charge in [-0.15, -0.1) is 0 Å². The molecule has 1 aromatic heterocycles. The zero-order valence-corrected chi connectivity index (χ0v) is 6.87. The Kier molecular flexibility index (Phi) is 2.82. The fourth-order valence-electron chi connectivity index (χ4n) is 0.921. The summed E-state index contributed by atoms with van der Waals surface area (Å²) in [4.78, 5) is 11.0. The van der Waals surface area contributed by atoms with E-state index < -0.39 is 6.04 Å². The quantitative estimate of drug-likeness (QED) is 0.542. The molecular weight excluding hydrogens is 156 g/mol. The zero-order valence-electron chi connectivity index (χ0n) is 6.87. The van der Waals surface area contributed by atoms with Crippen molar-refractivity contribution in [2.75, 3.05) is 7.05 Å². The number of hydrogen-bond acceptors (Lipinski definition) is 3. The van der Waals surface area contributed by atoms with Crippen LogP contribution < -0.4 is 11.1 Å². The predicted octanol–water partition coefficient (Wildman–Crippen LogP) is -0.974. The summed E-state index contributed by atoms with van der Waals surface area (Å²) in [5, 5.41) is 8.89. The van der Waals surface area contributed by atoms with E-state index in [1.807, 2.05) is 0 Å². The normalized spacial score (nSPS) is 12.5. The standard InChI is InChI=1S/C7H12N4O/c1-9-7(12)6(8)2-5-3-10-11-4-5/h3-4,6H,2,8H2,1H3,(H,9,12)(H,10,11). The van der Waals surface area contributed by atoms with Gasteiger partial charge in [-0.2, -0.15) is 5.10 Å². The van der Waals surface area contributed by atoms with Crippen molar-refractivity contribution in [3.8, 4) is 0 Å². The maximum Gasteiger partial charge on any atom is 0.237 e. The van der Waals surface area contributed by atoms with Crippen molar-refractivity contribution in [3.63, 3.8) is 0 Å². The van der Waals surface area contributed by atoms with Crippen LogP contribution >= 0.6 is 0 Å². The largest absolute Gasteiger partial charge is 0.358 e. The van der Waals surface area contributed by atoms with Crippen molar-refractivity contribution in [2.45, 2.75) is 12.5 Å². The van der Waals surface area contributed by atoms with Crippen molar-refractivity contribution in [1.29, 1.82) is 0 Å². The Bertz CT molecular complexity index is 244. The van der Waals surface area contributed by atoms with Gasteiger partial charge in [0.1, 0.15) is 0 Å². The molecule has 1 aromatic rings. The number of nitrogens with two attached hydrogens (primary N) is 1. The monoisotopic (exact) mass is 168 g/mol. The molecule has 0 bridgehead atoms. The summed E-state index contributed by atoms with van der Waals surface area (Å²) in [6, 6.07) is -0.493. The van der Waals surface area contributed by atoms with E-state index in [0.29, 0.717) is 6.42 Å². The second kappa shape index (κ2) is 3.87. The summed E-state index contributed by atoms with van der Waals surface area (Å²) in [5.41, 5.74) is 6.50. The Morgan fingerprint density at radius 2 is 2.67 bits per heavy atom. The van der Waals surface area contributed by atoms with E-state index in [0.717, 1.165) is 5.56 Å². The molecule has 1 rings (SSSR count). The number of nitrogens with one attached hydrogen (secondary N) is 2. The van der Waals surface area contributed by atoms with Crippen LogP contribution in [0, 0.1) is 0 Å². The number of nitrogens with zero attached hydrogens (tertiary/aromatic N) is 1. The van der Waals surface area contributed by atoms with Crippen LogP contribution in [0.2, 0.25) is 0 Å². The Labute approximate surface area is 70.3 Å². The molecule has 0 aromatic carbocycles. The topological polar surface area (TPSA) is 83.8 Å². The first-order valence-corrected chi connectivity index (χ1v) is 3.69. The second-order valence-electron chi connectivity index (χ2n) is 2.53. The van der Waals surface area contributed by atoms with Crippen LogP contribution in [0.1, 0.15) is 5.56 Å². The molecule has 1 unspecified atom stereocenters. The minimum absolute atomic E-state index is 0.156. The fraction of sp³-hybridized carbons (Fsp3) is 0.429. The molecule has 0 fully saturated rings. The number of likely N-dealkylation sites (N-methyl/N-ethyl adjacent to an activating group) is 1. The summed E-state index contributed by atoms with van der Waals surface area (Å²) in [7, 11) is 1.57. The van der Waals surface area contributed by atoms with Crippen LogP contribution in [-0.4, -0.2) is 29.2 Å². The van der Waals surface area contributed by atoms with E-state index in [9.17, 15) is 4.79 Å². The molecule has 5 nitrogen and oxygen atoms in total. The Morgan fingerprint density at radius 1 is 1.92 bits per heavy atom. The molecule has 12 heavy (non-hydrogen) atoms. The molecule has 1 atom stereocenters. The van der Waals surface area contributed by atoms with E-state index in [-0.39, 0.29) is 5.91 Å². The highest BCUT2D eigenvalue weighted by Crippen LogP contribution is 1.97. The van der Waals surface area contributed by atoms with E-state index in [2.05, 4.69) is 15.5 Å². The van der Waals surface area contributed by atoms with E-state index >= 15 is 0 Å². The molecule has 0 radical (unpaired) electrons. The van der Waals surface area contributed by atoms with Gasteiger partial charge >= 0.3 is 0 Å². The lowest BCUT2D eigenvalue weighted by atomic mass is 10.1. The molecule has 0 spiro atoms. The lowest BCUT2D eigenvalue weighted by Crippen LogP contribution is -2.40. The summed E-state index contributed by atoms with van der Waals surface area (Å²) in [5.74, 6) is -0.156. The Morgan fingerprint density at radius 3 is 3.17 bits per heavy atom. The third kappa shape index (κ3) is 2.06. The van der Waals surface area contributed by atoms with Gasteiger partial charge in [-0.3, -0.25) is 9.89 Å². The van der Waals surface area contributed by atoms with Crippen molar-refractivity contribution < 1.29 is 4.79 Å². The van der Waals surface area contributed by atoms with Crippen LogP contribution in [-0.2, 0) is 11.2 Å². The minimum atomic E-state index is -0.493. The third-order valence-corrected chi connectivity index (χ3v) is 1.59. The lowest BCUT2D eigenvalue weighted by Gasteiger charge is -2.07. The van der Waals surface area contributed by atoms with Gasteiger partial charge in [-0.05, 0) is 12.0 Å². The smallest absolute Gasteiger partial charge is 0.237 e. The lowest BCUT2D eigenvalue weighted by molar-refractivity contribution is -0.121. The number of amides is 1. The number of carbonyl (C=O) groups is 1. The highest BCUT2D eigenvalue weighted by molar-refractivity contribution is 5.81. The number of aromatic amines is 1. The van der Waals surface area contributed by atoms with E-state index in [1.54, 1.807) is 19.4 Å². The SMILES string of the molecule is CNC(=O)C(N)Cc1cn[nH]c1. The first-order chi connectivity index (χ1) is 5.74. The molecule has 0 aliphatic rings. The second-order valence-corrected chi connectivity index (χ2v) is 2.53. The summed E-state index contributed by atoms with van der Waals surface area (Å²) >= 11 is 0. The maximum atomic E-state index is 11.0. The third-order valence-electron chi connectivity index (χ3n) is 1.59. The van der Waals surface area contributed by atoms with Crippen molar-refractivity contribution in [3.05, 3.63) is 18.0 Å². The number of hydrogen-bond donors (Lipinski definition) is 3. The molecule has 0 saturated heterocycles. The van der Waals surface area contributed by atoms with Crippen LogP contribution in [0.15, 0.2) is 12.4 Å². The zero-order chi connectivity index (χ0) is 8.97. The van der Waals surface area contributed by atoms with Gasteiger partial charge in [0.05, 0.1) is 12.2 Å². The van der Waals surface area contributed by atoms with Gasteiger partial charge in [-0.25, -0.2) is 0 Å². The Balaban J connectivity index is 2.47. The van der Waals surface area contributed by atoms with Crippen LogP contribution in [0.25, 0.3) is 0 Å². The molecule has 0 saturated carbocycles. The minimum Gasteiger partial charge on any atom is -0.358 e. The number of aromatic nitrogens is 2. The number of carbonyl (C=O) groups excluding carboxylic acids is 1. The molecule has 1 heterocycles. The fourth-order valence-corrected chi connectivity index (χ4v) is 0.921. The van der Waals surface area contributed by atoms with E-state index in [4.69, 9.17) is 5.73 Å². The summed E-state index contributed by atoms with van der Waals surface area (Å²) in [6.45, 7) is 0. The average molecular weight is 168 g/mol. The van der Waals surface area contributed by atoms with Gasteiger partial charge in [0, 0.05) is 13.2 Å². The molecule has 0 aliphatic heterocycles. The van der Waals surface area contributed by atoms with Gasteiger partial charge in [0.25, 0.3) is 0 Å². The molecule has 5 heteroatoms. The molecule has 66 valence electrons. The van der Waals surface area contributed by atoms with Crippen LogP contribution in [0.5, 0.6) is 0 Å². The molecule has 0 aliphatic carbocycles. The first kappa shape index (κ1) is 8.73. The number of H-pyrrole nitrogens is 1. The van der Waals surface area contributed by atoms with Gasteiger partial charge < -0.3 is 11.1 Å². The summed E-state index contributed by atoms with van der Waals surface area (Å²) < 4.78 is 0. The number of rotatable bonds is 3. The van der Waals surface area contributed by atoms with Crippen LogP contribution in [0.3, 0.4) is 0 Å². The van der Waals surface area contributed by atoms with Crippen molar-refractivity contribution in [2.24, 2.45) is 5.73 Å². The van der Waals surface area contributed by atoms with Crippen molar-refractivity contribution in [1.82, 2.24) is 15.5 Å². The van der Waals surface area contributed by atoms with Gasteiger partial charge in [0.2, 0.25) is 5.91 Å². The molecule has 1 amide bonds. The summed E-state index contributed by atoms with van der Waals surface area (Å²) in [6.07, 6.45) is 3.89. The van der Waals surface area contributed by atoms with E-state index in [1.165, 1.54) is 0 Å². The van der Waals surface area contributed by atoms with Gasteiger partial charge in [-0.1, -0.05) is 0 Å². The van der Waals surface area contributed by atoms with Gasteiger partial charge in [0.15, 0.2) is 0 Å². The highest BCUT2D eigenvalue weighted by atomic mass is 16.2. The Hall–Kier alpha value is -1.36.